The molecule has 5 nitrogen and oxygen atoms in total. The summed E-state index contributed by atoms with van der Waals surface area (Å²) >= 11 is 0. The summed E-state index contributed by atoms with van der Waals surface area (Å²) in [5, 5.41) is 16.9. The molecule has 94 valence electrons. The molecule has 0 saturated heterocycles. The molecule has 0 fully saturated rings. The Bertz CT molecular complexity index is 514. The zero-order chi connectivity index (χ0) is 12.4. The molecule has 5 heteroatoms. The molecule has 1 aliphatic rings. The number of aliphatic hydroxyl groups excluding tert-OH is 1. The van der Waals surface area contributed by atoms with Crippen LogP contribution >= 0.6 is 0 Å². The van der Waals surface area contributed by atoms with Crippen molar-refractivity contribution in [2.45, 2.75) is 25.5 Å². The summed E-state index contributed by atoms with van der Waals surface area (Å²) in [6.07, 6.45) is 3.44. The number of benzene rings is 1. The van der Waals surface area contributed by atoms with E-state index in [4.69, 9.17) is 9.84 Å². The van der Waals surface area contributed by atoms with Gasteiger partial charge in [-0.25, -0.2) is 4.68 Å². The van der Waals surface area contributed by atoms with Crippen molar-refractivity contribution in [3.63, 3.8) is 0 Å². The van der Waals surface area contributed by atoms with Gasteiger partial charge in [-0.1, -0.05) is 23.4 Å². The van der Waals surface area contributed by atoms with Gasteiger partial charge in [0.15, 0.2) is 0 Å². The first-order valence-electron chi connectivity index (χ1n) is 6.09. The van der Waals surface area contributed by atoms with Crippen LogP contribution in [0, 0.1) is 0 Å². The van der Waals surface area contributed by atoms with Crippen LogP contribution in [0.25, 0.3) is 0 Å². The Labute approximate surface area is 105 Å². The van der Waals surface area contributed by atoms with E-state index in [2.05, 4.69) is 16.4 Å². The summed E-state index contributed by atoms with van der Waals surface area (Å²) in [5.41, 5.74) is 2.06. The Balaban J connectivity index is 1.65. The molecule has 1 aromatic carbocycles. The third kappa shape index (κ3) is 2.22. The molecule has 1 aliphatic heterocycles. The maximum atomic E-state index is 8.83. The number of ether oxygens (including phenoxy) is 1. The zero-order valence-electron chi connectivity index (χ0n) is 9.99. The Hall–Kier alpha value is -1.88. The molecule has 0 saturated carbocycles. The van der Waals surface area contributed by atoms with Gasteiger partial charge in [0.25, 0.3) is 0 Å². The van der Waals surface area contributed by atoms with Crippen molar-refractivity contribution in [2.24, 2.45) is 0 Å². The Morgan fingerprint density at radius 3 is 3.11 bits per heavy atom. The standard InChI is InChI=1S/C13H15N3O2/c17-6-5-11-8-16(15-14-11)9-12-7-10-3-1-2-4-13(10)18-12/h1-4,8,12,17H,5-7,9H2. The number of aromatic nitrogens is 3. The molecular formula is C13H15N3O2. The van der Waals surface area contributed by atoms with Crippen molar-refractivity contribution in [2.75, 3.05) is 6.61 Å². The second-order valence-electron chi connectivity index (χ2n) is 4.46. The van der Waals surface area contributed by atoms with Gasteiger partial charge in [0.1, 0.15) is 11.9 Å². The van der Waals surface area contributed by atoms with E-state index in [0.29, 0.717) is 13.0 Å². The van der Waals surface area contributed by atoms with Gasteiger partial charge < -0.3 is 9.84 Å². The second-order valence-corrected chi connectivity index (χ2v) is 4.46. The minimum atomic E-state index is 0.101. The molecular weight excluding hydrogens is 230 g/mol. The molecule has 0 aliphatic carbocycles. The van der Waals surface area contributed by atoms with Crippen molar-refractivity contribution in [3.8, 4) is 5.75 Å². The third-order valence-corrected chi connectivity index (χ3v) is 3.06. The van der Waals surface area contributed by atoms with Gasteiger partial charge in [0.05, 0.1) is 12.2 Å². The molecule has 0 amide bonds. The van der Waals surface area contributed by atoms with Gasteiger partial charge in [-0.05, 0) is 11.6 Å². The third-order valence-electron chi connectivity index (χ3n) is 3.06. The molecule has 2 aromatic rings. The molecule has 1 N–H and O–H groups in total. The van der Waals surface area contributed by atoms with Crippen molar-refractivity contribution in [1.29, 1.82) is 0 Å². The van der Waals surface area contributed by atoms with Gasteiger partial charge in [-0.15, -0.1) is 5.10 Å². The lowest BCUT2D eigenvalue weighted by Gasteiger charge is -2.09. The fourth-order valence-electron chi connectivity index (χ4n) is 2.22. The largest absolute Gasteiger partial charge is 0.488 e. The van der Waals surface area contributed by atoms with Crippen molar-refractivity contribution in [3.05, 3.63) is 41.7 Å². The average molecular weight is 245 g/mol. The van der Waals surface area contributed by atoms with E-state index in [1.165, 1.54) is 5.56 Å². The van der Waals surface area contributed by atoms with E-state index in [-0.39, 0.29) is 12.7 Å². The van der Waals surface area contributed by atoms with Gasteiger partial charge >= 0.3 is 0 Å². The number of aliphatic hydroxyl groups is 1. The molecule has 2 heterocycles. The van der Waals surface area contributed by atoms with Gasteiger partial charge in [0, 0.05) is 25.6 Å². The number of para-hydroxylation sites is 1. The summed E-state index contributed by atoms with van der Waals surface area (Å²) in [7, 11) is 0. The lowest BCUT2D eigenvalue weighted by atomic mass is 10.1. The second kappa shape index (κ2) is 4.78. The summed E-state index contributed by atoms with van der Waals surface area (Å²) in [6.45, 7) is 0.789. The molecule has 1 atom stereocenters. The van der Waals surface area contributed by atoms with E-state index in [1.54, 1.807) is 4.68 Å². The highest BCUT2D eigenvalue weighted by Crippen LogP contribution is 2.28. The number of fused-ring (bicyclic) bond motifs is 1. The maximum absolute atomic E-state index is 8.83. The Morgan fingerprint density at radius 1 is 1.39 bits per heavy atom. The highest BCUT2D eigenvalue weighted by atomic mass is 16.5. The van der Waals surface area contributed by atoms with Crippen LogP contribution in [0.4, 0.5) is 0 Å². The van der Waals surface area contributed by atoms with Crippen LogP contribution in [0.5, 0.6) is 5.75 Å². The predicted molar refractivity (Wildman–Crippen MR) is 65.4 cm³/mol. The first-order valence-corrected chi connectivity index (χ1v) is 6.09. The van der Waals surface area contributed by atoms with E-state index in [9.17, 15) is 0 Å². The van der Waals surface area contributed by atoms with Crippen molar-refractivity contribution in [1.82, 2.24) is 15.0 Å². The smallest absolute Gasteiger partial charge is 0.123 e. The topological polar surface area (TPSA) is 60.2 Å². The van der Waals surface area contributed by atoms with Crippen LogP contribution < -0.4 is 4.74 Å². The number of hydrogen-bond acceptors (Lipinski definition) is 4. The van der Waals surface area contributed by atoms with Crippen LogP contribution in [0.15, 0.2) is 30.5 Å². The van der Waals surface area contributed by atoms with E-state index < -0.39 is 0 Å². The minimum absolute atomic E-state index is 0.101. The zero-order valence-corrected chi connectivity index (χ0v) is 9.99. The Morgan fingerprint density at radius 2 is 2.28 bits per heavy atom. The minimum Gasteiger partial charge on any atom is -0.488 e. The molecule has 0 bridgehead atoms. The number of hydrogen-bond donors (Lipinski definition) is 1. The SMILES string of the molecule is OCCc1cn(CC2Cc3ccccc3O2)nn1. The van der Waals surface area contributed by atoms with E-state index in [1.807, 2.05) is 24.4 Å². The molecule has 0 radical (unpaired) electrons. The van der Waals surface area contributed by atoms with Gasteiger partial charge in [0.2, 0.25) is 0 Å². The van der Waals surface area contributed by atoms with Crippen LogP contribution in [-0.2, 0) is 19.4 Å². The summed E-state index contributed by atoms with van der Waals surface area (Å²) in [5.74, 6) is 0.971. The maximum Gasteiger partial charge on any atom is 0.123 e. The fourth-order valence-corrected chi connectivity index (χ4v) is 2.22. The summed E-state index contributed by atoms with van der Waals surface area (Å²) in [6, 6.07) is 8.09. The molecule has 3 rings (SSSR count). The first kappa shape index (κ1) is 11.2. The quantitative estimate of drug-likeness (QED) is 0.866. The van der Waals surface area contributed by atoms with Crippen LogP contribution in [0.2, 0.25) is 0 Å². The number of nitrogens with zero attached hydrogens (tertiary/aromatic N) is 3. The molecule has 18 heavy (non-hydrogen) atoms. The van der Waals surface area contributed by atoms with E-state index in [0.717, 1.165) is 17.9 Å². The monoisotopic (exact) mass is 245 g/mol. The first-order chi connectivity index (χ1) is 8.85. The number of rotatable bonds is 4. The average Bonchev–Trinajstić information content (AvgIpc) is 2.96. The van der Waals surface area contributed by atoms with Gasteiger partial charge in [-0.3, -0.25) is 0 Å². The van der Waals surface area contributed by atoms with Crippen molar-refractivity contribution >= 4 is 0 Å². The predicted octanol–water partition coefficient (Wildman–Crippen LogP) is 0.817. The fraction of sp³-hybridized carbons (Fsp3) is 0.385. The highest BCUT2D eigenvalue weighted by molar-refractivity contribution is 5.37. The normalized spacial score (nSPS) is 17.5. The van der Waals surface area contributed by atoms with Gasteiger partial charge in [-0.2, -0.15) is 0 Å². The van der Waals surface area contributed by atoms with E-state index >= 15 is 0 Å². The molecule has 0 spiro atoms. The lowest BCUT2D eigenvalue weighted by molar-refractivity contribution is 0.202. The highest BCUT2D eigenvalue weighted by Gasteiger charge is 2.22. The lowest BCUT2D eigenvalue weighted by Crippen LogP contribution is -2.21. The van der Waals surface area contributed by atoms with Crippen LogP contribution in [0.1, 0.15) is 11.3 Å². The van der Waals surface area contributed by atoms with Crippen molar-refractivity contribution < 1.29 is 9.84 Å². The van der Waals surface area contributed by atoms with Crippen LogP contribution in [0.3, 0.4) is 0 Å². The molecule has 1 unspecified atom stereocenters. The summed E-state index contributed by atoms with van der Waals surface area (Å²) < 4.78 is 7.62. The molecule has 1 aromatic heterocycles. The summed E-state index contributed by atoms with van der Waals surface area (Å²) in [4.78, 5) is 0. The Kier molecular flexibility index (Phi) is 2.98. The van der Waals surface area contributed by atoms with Crippen LogP contribution in [-0.4, -0.2) is 32.8 Å².